The van der Waals surface area contributed by atoms with E-state index in [2.05, 4.69) is 66.8 Å². The highest BCUT2D eigenvalue weighted by molar-refractivity contribution is 14.1. The predicted octanol–water partition coefficient (Wildman–Crippen LogP) is 5.16. The van der Waals surface area contributed by atoms with Crippen molar-refractivity contribution in [2.45, 2.75) is 6.61 Å². The zero-order valence-electron chi connectivity index (χ0n) is 15.3. The molecule has 0 aliphatic rings. The van der Waals surface area contributed by atoms with Gasteiger partial charge in [0, 0.05) is 11.8 Å². The number of ether oxygens (including phenoxy) is 1. The summed E-state index contributed by atoms with van der Waals surface area (Å²) in [4.78, 5) is 16.0. The van der Waals surface area contributed by atoms with Crippen molar-refractivity contribution in [1.29, 1.82) is 5.26 Å². The number of aromatic nitrogens is 1. The second kappa shape index (κ2) is 10.7. The van der Waals surface area contributed by atoms with Gasteiger partial charge < -0.3 is 4.74 Å². The van der Waals surface area contributed by atoms with E-state index in [-0.39, 0.29) is 10.7 Å². The third-order valence-electron chi connectivity index (χ3n) is 3.91. The van der Waals surface area contributed by atoms with Crippen LogP contribution in [0.1, 0.15) is 27.0 Å². The Bertz CT molecular complexity index is 1140. The molecular formula is C21H13ClI2N4O2. The standard InChI is InChI=1S/C21H13ClI2N4O2/c22-20-16(6-3-7-26-20)21(29)28-27-11-13-8-17(23)19(18(24)9-13)30-12-15-5-2-1-4-14(15)10-25/h1-9,11H,12H2,(H,28,29). The maximum absolute atomic E-state index is 12.1. The summed E-state index contributed by atoms with van der Waals surface area (Å²) in [6.07, 6.45) is 3.05. The number of benzene rings is 2. The van der Waals surface area contributed by atoms with E-state index in [4.69, 9.17) is 16.3 Å². The maximum atomic E-state index is 12.1. The Morgan fingerprint density at radius 2 is 1.97 bits per heavy atom. The van der Waals surface area contributed by atoms with Crippen LogP contribution in [0.2, 0.25) is 5.15 Å². The van der Waals surface area contributed by atoms with Gasteiger partial charge in [0.2, 0.25) is 0 Å². The summed E-state index contributed by atoms with van der Waals surface area (Å²) >= 11 is 10.3. The van der Waals surface area contributed by atoms with Gasteiger partial charge in [-0.05, 0) is 81.1 Å². The minimum absolute atomic E-state index is 0.119. The fourth-order valence-corrected chi connectivity index (χ4v) is 4.81. The zero-order valence-corrected chi connectivity index (χ0v) is 20.3. The molecule has 1 N–H and O–H groups in total. The molecule has 6 nitrogen and oxygen atoms in total. The van der Waals surface area contributed by atoms with Gasteiger partial charge in [-0.3, -0.25) is 4.79 Å². The monoisotopic (exact) mass is 642 g/mol. The SMILES string of the molecule is N#Cc1ccccc1COc1c(I)cc(C=NNC(=O)c2cccnc2Cl)cc1I. The second-order valence-corrected chi connectivity index (χ2v) is 8.59. The molecule has 0 saturated heterocycles. The summed E-state index contributed by atoms with van der Waals surface area (Å²) in [5, 5.41) is 13.3. The Hall–Kier alpha value is -2.23. The molecule has 9 heteroatoms. The van der Waals surface area contributed by atoms with Crippen LogP contribution in [0.3, 0.4) is 0 Å². The first kappa shape index (κ1) is 22.5. The van der Waals surface area contributed by atoms with Crippen LogP contribution in [0.5, 0.6) is 5.75 Å². The summed E-state index contributed by atoms with van der Waals surface area (Å²) in [6.45, 7) is 0.297. The highest BCUT2D eigenvalue weighted by Crippen LogP contribution is 2.29. The number of pyridine rings is 1. The number of amides is 1. The highest BCUT2D eigenvalue weighted by Gasteiger charge is 2.11. The van der Waals surface area contributed by atoms with Crippen LogP contribution in [0.15, 0.2) is 59.8 Å². The molecule has 0 atom stereocenters. The summed E-state index contributed by atoms with van der Waals surface area (Å²) in [5.74, 6) is 0.289. The number of carbonyl (C=O) groups is 1. The Labute approximate surface area is 205 Å². The lowest BCUT2D eigenvalue weighted by molar-refractivity contribution is 0.0955. The van der Waals surface area contributed by atoms with Crippen molar-refractivity contribution in [2.24, 2.45) is 5.10 Å². The first-order valence-electron chi connectivity index (χ1n) is 8.53. The molecule has 150 valence electrons. The Balaban J connectivity index is 1.68. The Morgan fingerprint density at radius 1 is 1.23 bits per heavy atom. The molecule has 2 aromatic carbocycles. The fourth-order valence-electron chi connectivity index (χ4n) is 2.48. The van der Waals surface area contributed by atoms with Gasteiger partial charge in [0.15, 0.2) is 0 Å². The van der Waals surface area contributed by atoms with Crippen molar-refractivity contribution in [1.82, 2.24) is 10.4 Å². The van der Waals surface area contributed by atoms with Gasteiger partial charge >= 0.3 is 0 Å². The van der Waals surface area contributed by atoms with Gasteiger partial charge in [-0.1, -0.05) is 29.8 Å². The molecule has 0 aliphatic carbocycles. The molecule has 0 bridgehead atoms. The van der Waals surface area contributed by atoms with Gasteiger partial charge in [0.25, 0.3) is 5.91 Å². The molecule has 3 aromatic rings. The van der Waals surface area contributed by atoms with Gasteiger partial charge in [-0.15, -0.1) is 0 Å². The number of nitrogens with zero attached hydrogens (tertiary/aromatic N) is 3. The molecule has 0 fully saturated rings. The van der Waals surface area contributed by atoms with E-state index >= 15 is 0 Å². The predicted molar refractivity (Wildman–Crippen MR) is 132 cm³/mol. The minimum atomic E-state index is -0.440. The number of hydrogen-bond donors (Lipinski definition) is 1. The van der Waals surface area contributed by atoms with Crippen LogP contribution in [0.25, 0.3) is 0 Å². The largest absolute Gasteiger partial charge is 0.487 e. The van der Waals surface area contributed by atoms with Crippen LogP contribution in [-0.2, 0) is 6.61 Å². The Kier molecular flexibility index (Phi) is 8.01. The van der Waals surface area contributed by atoms with Crippen LogP contribution >= 0.6 is 56.8 Å². The van der Waals surface area contributed by atoms with Crippen LogP contribution in [-0.4, -0.2) is 17.1 Å². The molecule has 0 saturated carbocycles. The van der Waals surface area contributed by atoms with Crippen molar-refractivity contribution < 1.29 is 9.53 Å². The molecule has 0 radical (unpaired) electrons. The molecule has 0 spiro atoms. The number of halogens is 3. The van der Waals surface area contributed by atoms with E-state index in [1.165, 1.54) is 6.20 Å². The summed E-state index contributed by atoms with van der Waals surface area (Å²) < 4.78 is 7.74. The lowest BCUT2D eigenvalue weighted by atomic mass is 10.1. The van der Waals surface area contributed by atoms with Crippen molar-refractivity contribution in [3.05, 3.63) is 89.3 Å². The van der Waals surface area contributed by atoms with E-state index < -0.39 is 5.91 Å². The van der Waals surface area contributed by atoms with Gasteiger partial charge in [-0.2, -0.15) is 10.4 Å². The smallest absolute Gasteiger partial charge is 0.274 e. The maximum Gasteiger partial charge on any atom is 0.274 e. The van der Waals surface area contributed by atoms with Crippen molar-refractivity contribution in [2.75, 3.05) is 0 Å². The number of hydrazone groups is 1. The average molecular weight is 643 g/mol. The van der Waals surface area contributed by atoms with Crippen molar-refractivity contribution in [3.8, 4) is 11.8 Å². The Morgan fingerprint density at radius 3 is 2.67 bits per heavy atom. The number of carbonyl (C=O) groups excluding carboxylic acids is 1. The molecule has 3 rings (SSSR count). The summed E-state index contributed by atoms with van der Waals surface area (Å²) in [6, 6.07) is 16.5. The lowest BCUT2D eigenvalue weighted by Crippen LogP contribution is -2.18. The molecule has 1 amide bonds. The van der Waals surface area contributed by atoms with E-state index in [1.54, 1.807) is 24.4 Å². The molecule has 30 heavy (non-hydrogen) atoms. The average Bonchev–Trinajstić information content (AvgIpc) is 2.73. The van der Waals surface area contributed by atoms with Crippen molar-refractivity contribution >= 4 is 68.9 Å². The summed E-state index contributed by atoms with van der Waals surface area (Å²) in [5.41, 5.74) is 4.91. The highest BCUT2D eigenvalue weighted by atomic mass is 127. The quantitative estimate of drug-likeness (QED) is 0.174. The molecule has 1 heterocycles. The fraction of sp³-hybridized carbons (Fsp3) is 0.0476. The minimum Gasteiger partial charge on any atom is -0.487 e. The van der Waals surface area contributed by atoms with Crippen molar-refractivity contribution in [3.63, 3.8) is 0 Å². The van der Waals surface area contributed by atoms with Crippen LogP contribution in [0, 0.1) is 18.5 Å². The molecular weight excluding hydrogens is 630 g/mol. The van der Waals surface area contributed by atoms with E-state index in [0.29, 0.717) is 12.2 Å². The van der Waals surface area contributed by atoms with Gasteiger partial charge in [0.05, 0.1) is 30.6 Å². The normalized spacial score (nSPS) is 10.6. The van der Waals surface area contributed by atoms with E-state index in [0.717, 1.165) is 24.0 Å². The van der Waals surface area contributed by atoms with E-state index in [9.17, 15) is 10.1 Å². The number of rotatable bonds is 6. The van der Waals surface area contributed by atoms with Gasteiger partial charge in [-0.25, -0.2) is 10.4 Å². The first-order valence-corrected chi connectivity index (χ1v) is 11.1. The topological polar surface area (TPSA) is 87.4 Å². The van der Waals surface area contributed by atoms with Crippen LogP contribution in [0.4, 0.5) is 0 Å². The van der Waals surface area contributed by atoms with E-state index in [1.807, 2.05) is 30.3 Å². The number of nitrogens with one attached hydrogen (secondary N) is 1. The summed E-state index contributed by atoms with van der Waals surface area (Å²) in [7, 11) is 0. The number of nitriles is 1. The first-order chi connectivity index (χ1) is 14.5. The third kappa shape index (κ3) is 5.68. The molecule has 0 unspecified atom stereocenters. The molecule has 0 aliphatic heterocycles. The molecule has 1 aromatic heterocycles. The third-order valence-corrected chi connectivity index (χ3v) is 5.82. The van der Waals surface area contributed by atoms with Crippen LogP contribution < -0.4 is 10.2 Å². The zero-order chi connectivity index (χ0) is 21.5. The lowest BCUT2D eigenvalue weighted by Gasteiger charge is -2.12. The number of hydrogen-bond acceptors (Lipinski definition) is 5. The second-order valence-electron chi connectivity index (χ2n) is 5.91. The van der Waals surface area contributed by atoms with Gasteiger partial charge in [0.1, 0.15) is 17.5 Å².